The van der Waals surface area contributed by atoms with Crippen LogP contribution in [-0.2, 0) is 17.6 Å². The standard InChI is InChI=1S/C31H37N5O4.ClH/c1-3-40-31(38)26-11-10-23(9-8-22-6-4-7-25(20-22)29(32)34-39)28(21-26)33-30(37)24-12-14-27(15-13-24)36-17-5-16-35(2)18-19-36;/h4,6-7,10-15,20-21,39H,3,5,8-9,16-19H2,1-2H3,(H2,32,34)(H,33,37);1H. The highest BCUT2D eigenvalue weighted by atomic mass is 35.5. The van der Waals surface area contributed by atoms with Crippen LogP contribution in [0.15, 0.2) is 71.9 Å². The highest BCUT2D eigenvalue weighted by Gasteiger charge is 2.16. The number of ether oxygens (including phenoxy) is 1. The molecule has 0 aromatic heterocycles. The van der Waals surface area contributed by atoms with Crippen LogP contribution in [0.2, 0.25) is 0 Å². The Morgan fingerprint density at radius 2 is 1.71 bits per heavy atom. The number of nitrogens with one attached hydrogen (secondary N) is 1. The van der Waals surface area contributed by atoms with E-state index in [4.69, 9.17) is 15.7 Å². The fraction of sp³-hybridized carbons (Fsp3) is 0.323. The number of rotatable bonds is 9. The number of hydrogen-bond acceptors (Lipinski definition) is 7. The van der Waals surface area contributed by atoms with Crippen LogP contribution in [0.1, 0.15) is 50.8 Å². The van der Waals surface area contributed by atoms with Gasteiger partial charge in [0.05, 0.1) is 12.2 Å². The van der Waals surface area contributed by atoms with Crippen molar-refractivity contribution in [2.75, 3.05) is 50.1 Å². The summed E-state index contributed by atoms with van der Waals surface area (Å²) in [5.74, 6) is -0.649. The summed E-state index contributed by atoms with van der Waals surface area (Å²) in [4.78, 5) is 30.4. The largest absolute Gasteiger partial charge is 0.462 e. The molecule has 3 aromatic rings. The van der Waals surface area contributed by atoms with Crippen LogP contribution in [0.4, 0.5) is 11.4 Å². The lowest BCUT2D eigenvalue weighted by molar-refractivity contribution is 0.0526. The number of oxime groups is 1. The third kappa shape index (κ3) is 8.45. The monoisotopic (exact) mass is 579 g/mol. The number of esters is 1. The maximum atomic E-state index is 13.3. The number of benzene rings is 3. The van der Waals surface area contributed by atoms with Gasteiger partial charge in [0.25, 0.3) is 5.91 Å². The van der Waals surface area contributed by atoms with E-state index in [0.717, 1.165) is 49.4 Å². The van der Waals surface area contributed by atoms with E-state index in [9.17, 15) is 9.59 Å². The number of hydrogen-bond donors (Lipinski definition) is 3. The van der Waals surface area contributed by atoms with Gasteiger partial charge in [-0.2, -0.15) is 0 Å². The van der Waals surface area contributed by atoms with Crippen LogP contribution in [-0.4, -0.2) is 67.7 Å². The quantitative estimate of drug-likeness (QED) is 0.112. The number of aryl methyl sites for hydroxylation is 2. The van der Waals surface area contributed by atoms with Crippen LogP contribution in [0.3, 0.4) is 0 Å². The van der Waals surface area contributed by atoms with Crippen molar-refractivity contribution in [3.05, 3.63) is 94.5 Å². The number of likely N-dealkylation sites (N-methyl/N-ethyl adjacent to an activating group) is 1. The zero-order valence-electron chi connectivity index (χ0n) is 23.5. The summed E-state index contributed by atoms with van der Waals surface area (Å²) < 4.78 is 5.17. The normalized spacial score (nSPS) is 14.1. The van der Waals surface area contributed by atoms with Gasteiger partial charge in [0, 0.05) is 42.1 Å². The number of carbonyl (C=O) groups excluding carboxylic acids is 2. The molecule has 1 saturated heterocycles. The van der Waals surface area contributed by atoms with E-state index in [1.165, 1.54) is 0 Å². The van der Waals surface area contributed by atoms with Crippen molar-refractivity contribution in [1.82, 2.24) is 4.90 Å². The van der Waals surface area contributed by atoms with Gasteiger partial charge < -0.3 is 30.8 Å². The van der Waals surface area contributed by atoms with Crippen molar-refractivity contribution >= 4 is 41.5 Å². The van der Waals surface area contributed by atoms with Crippen molar-refractivity contribution in [3.63, 3.8) is 0 Å². The van der Waals surface area contributed by atoms with Crippen molar-refractivity contribution in [2.45, 2.75) is 26.2 Å². The third-order valence-electron chi connectivity index (χ3n) is 7.10. The second-order valence-electron chi connectivity index (χ2n) is 9.92. The molecule has 1 amide bonds. The molecule has 3 aromatic carbocycles. The SMILES string of the molecule is CCOC(=O)c1ccc(CCc2cccc(/C(N)=N/O)c2)c(NC(=O)c2ccc(N3CCCN(C)CC3)cc2)c1.Cl. The van der Waals surface area contributed by atoms with Gasteiger partial charge in [-0.15, -0.1) is 12.4 Å². The summed E-state index contributed by atoms with van der Waals surface area (Å²) in [6.07, 6.45) is 2.35. The molecule has 10 heteroatoms. The number of nitrogens with zero attached hydrogens (tertiary/aromatic N) is 3. The van der Waals surface area contributed by atoms with Crippen LogP contribution in [0, 0.1) is 0 Å². The van der Waals surface area contributed by atoms with Gasteiger partial charge in [-0.3, -0.25) is 4.79 Å². The fourth-order valence-corrected chi connectivity index (χ4v) is 4.80. The van der Waals surface area contributed by atoms with Crippen LogP contribution in [0.25, 0.3) is 0 Å². The minimum Gasteiger partial charge on any atom is -0.462 e. The van der Waals surface area contributed by atoms with Crippen molar-refractivity contribution in [2.24, 2.45) is 10.9 Å². The highest BCUT2D eigenvalue weighted by molar-refractivity contribution is 6.05. The average Bonchev–Trinajstić information content (AvgIpc) is 3.20. The zero-order chi connectivity index (χ0) is 28.5. The van der Waals surface area contributed by atoms with E-state index in [0.29, 0.717) is 35.2 Å². The molecule has 0 unspecified atom stereocenters. The maximum absolute atomic E-state index is 13.3. The zero-order valence-corrected chi connectivity index (χ0v) is 24.3. The summed E-state index contributed by atoms with van der Waals surface area (Å²) >= 11 is 0. The number of carbonyl (C=O) groups is 2. The number of anilines is 2. The lowest BCUT2D eigenvalue weighted by Gasteiger charge is -2.23. The fourth-order valence-electron chi connectivity index (χ4n) is 4.80. The molecule has 0 bridgehead atoms. The Kier molecular flexibility index (Phi) is 11.6. The average molecular weight is 580 g/mol. The number of nitrogens with two attached hydrogens (primary N) is 1. The lowest BCUT2D eigenvalue weighted by atomic mass is 9.99. The first-order chi connectivity index (χ1) is 19.4. The van der Waals surface area contributed by atoms with Gasteiger partial charge >= 0.3 is 5.97 Å². The third-order valence-corrected chi connectivity index (χ3v) is 7.10. The molecule has 218 valence electrons. The summed E-state index contributed by atoms with van der Waals surface area (Å²) in [6.45, 7) is 6.05. The molecule has 0 spiro atoms. The van der Waals surface area contributed by atoms with E-state index >= 15 is 0 Å². The molecule has 1 fully saturated rings. The molecule has 4 rings (SSSR count). The summed E-state index contributed by atoms with van der Waals surface area (Å²) in [5.41, 5.74) is 10.8. The lowest BCUT2D eigenvalue weighted by Crippen LogP contribution is -2.28. The van der Waals surface area contributed by atoms with E-state index in [2.05, 4.69) is 27.3 Å². The van der Waals surface area contributed by atoms with E-state index in [-0.39, 0.29) is 30.8 Å². The predicted molar refractivity (Wildman–Crippen MR) is 165 cm³/mol. The second-order valence-corrected chi connectivity index (χ2v) is 9.92. The maximum Gasteiger partial charge on any atom is 0.338 e. The Balaban J connectivity index is 0.00000462. The van der Waals surface area contributed by atoms with Crippen molar-refractivity contribution in [3.8, 4) is 0 Å². The molecule has 0 radical (unpaired) electrons. The topological polar surface area (TPSA) is 120 Å². The number of halogens is 1. The minimum atomic E-state index is -0.441. The van der Waals surface area contributed by atoms with Crippen LogP contribution >= 0.6 is 12.4 Å². The van der Waals surface area contributed by atoms with Gasteiger partial charge in [0.2, 0.25) is 0 Å². The van der Waals surface area contributed by atoms with E-state index in [1.54, 1.807) is 25.1 Å². The Hall–Kier alpha value is -4.08. The molecular weight excluding hydrogens is 542 g/mol. The molecule has 1 aliphatic heterocycles. The molecule has 1 aliphatic rings. The van der Waals surface area contributed by atoms with Crippen LogP contribution < -0.4 is 16.0 Å². The molecule has 0 saturated carbocycles. The number of amides is 1. The predicted octanol–water partition coefficient (Wildman–Crippen LogP) is 4.56. The second kappa shape index (κ2) is 15.1. The van der Waals surface area contributed by atoms with Crippen molar-refractivity contribution in [1.29, 1.82) is 0 Å². The molecule has 41 heavy (non-hydrogen) atoms. The van der Waals surface area contributed by atoms with Gasteiger partial charge in [-0.25, -0.2) is 4.79 Å². The molecule has 4 N–H and O–H groups in total. The molecule has 1 heterocycles. The minimum absolute atomic E-state index is 0. The smallest absolute Gasteiger partial charge is 0.338 e. The van der Waals surface area contributed by atoms with Gasteiger partial charge in [0.1, 0.15) is 0 Å². The molecule has 0 atom stereocenters. The summed E-state index contributed by atoms with van der Waals surface area (Å²) in [5, 5.41) is 15.1. The highest BCUT2D eigenvalue weighted by Crippen LogP contribution is 2.23. The first kappa shape index (κ1) is 31.4. The Bertz CT molecular complexity index is 1360. The van der Waals surface area contributed by atoms with Gasteiger partial charge in [-0.1, -0.05) is 29.4 Å². The van der Waals surface area contributed by atoms with Gasteiger partial charge in [0.15, 0.2) is 5.84 Å². The van der Waals surface area contributed by atoms with Crippen molar-refractivity contribution < 1.29 is 19.5 Å². The summed E-state index contributed by atoms with van der Waals surface area (Å²) in [6, 6.07) is 20.3. The molecule has 9 nitrogen and oxygen atoms in total. The van der Waals surface area contributed by atoms with Gasteiger partial charge in [-0.05, 0) is 93.4 Å². The van der Waals surface area contributed by atoms with Crippen LogP contribution in [0.5, 0.6) is 0 Å². The van der Waals surface area contributed by atoms with E-state index < -0.39 is 5.97 Å². The summed E-state index contributed by atoms with van der Waals surface area (Å²) in [7, 11) is 2.14. The molecular formula is C31H38ClN5O4. The Labute approximate surface area is 247 Å². The number of amidine groups is 1. The first-order valence-corrected chi connectivity index (χ1v) is 13.6. The van der Waals surface area contributed by atoms with E-state index in [1.807, 2.05) is 48.5 Å². The Morgan fingerprint density at radius 1 is 0.951 bits per heavy atom. The Morgan fingerprint density at radius 3 is 2.44 bits per heavy atom. The first-order valence-electron chi connectivity index (χ1n) is 13.6. The molecule has 0 aliphatic carbocycles.